The molecule has 0 saturated carbocycles. The topological polar surface area (TPSA) is 12.9 Å². The number of rotatable bonds is 2. The molecule has 0 spiro atoms. The molecule has 0 aliphatic heterocycles. The molecule has 1 nitrogen and oxygen atoms in total. The Morgan fingerprint density at radius 3 is 1.48 bits per heavy atom. The minimum absolute atomic E-state index is 1.02. The van der Waals surface area contributed by atoms with Crippen molar-refractivity contribution < 1.29 is 0 Å². The molecular formula is C41H23NS2. The first-order chi connectivity index (χ1) is 21.8. The van der Waals surface area contributed by atoms with Crippen LogP contribution in [0.25, 0.3) is 95.0 Å². The number of pyridine rings is 1. The van der Waals surface area contributed by atoms with Gasteiger partial charge in [0.15, 0.2) is 0 Å². The van der Waals surface area contributed by atoms with E-state index in [1.54, 1.807) is 0 Å². The van der Waals surface area contributed by atoms with E-state index in [2.05, 4.69) is 140 Å². The summed E-state index contributed by atoms with van der Waals surface area (Å²) in [6, 6.07) is 48.8. The van der Waals surface area contributed by atoms with Crippen molar-refractivity contribution in [2.24, 2.45) is 0 Å². The molecule has 10 aromatic rings. The highest BCUT2D eigenvalue weighted by Crippen LogP contribution is 2.51. The molecular weight excluding hydrogens is 571 g/mol. The normalized spacial score (nSPS) is 12.1. The molecule has 0 aliphatic carbocycles. The minimum Gasteiger partial charge on any atom is -0.256 e. The van der Waals surface area contributed by atoms with Crippen molar-refractivity contribution >= 4 is 95.5 Å². The summed E-state index contributed by atoms with van der Waals surface area (Å²) in [5, 5.41) is 11.5. The summed E-state index contributed by atoms with van der Waals surface area (Å²) in [5.41, 5.74) is 6.13. The third-order valence-electron chi connectivity index (χ3n) is 9.11. The van der Waals surface area contributed by atoms with Gasteiger partial charge in [-0.3, -0.25) is 4.98 Å². The summed E-state index contributed by atoms with van der Waals surface area (Å²) in [7, 11) is 0. The SMILES string of the molecule is c1ccc2c(c1)ncc1c(-c3cccc4c3sc3ccccc34)c3ccccc3c(-c3cccc4c3sc3ccccc34)c12. The fourth-order valence-corrected chi connectivity index (χ4v) is 9.70. The second-order valence-electron chi connectivity index (χ2n) is 11.4. The number of thiophene rings is 2. The molecule has 3 heteroatoms. The standard InChI is InChI=1S/C41H23NS2/c1-2-14-27-26(13-1)37(31-18-9-16-28-24-11-4-7-21-35(24)43-40(28)31)33-23-42-34-20-6-3-15-30(34)39(33)38(27)32-19-10-17-29-25-12-5-8-22-36(25)44-41(29)32/h1-23H. The summed E-state index contributed by atoms with van der Waals surface area (Å²) >= 11 is 3.79. The fourth-order valence-electron chi connectivity index (χ4n) is 7.26. The van der Waals surface area contributed by atoms with E-state index in [4.69, 9.17) is 4.98 Å². The van der Waals surface area contributed by atoms with E-state index in [0.29, 0.717) is 0 Å². The van der Waals surface area contributed by atoms with Crippen molar-refractivity contribution in [2.45, 2.75) is 0 Å². The molecule has 0 fully saturated rings. The van der Waals surface area contributed by atoms with Gasteiger partial charge in [-0.2, -0.15) is 0 Å². The Labute approximate surface area is 261 Å². The van der Waals surface area contributed by atoms with Crippen LogP contribution in [-0.4, -0.2) is 4.98 Å². The van der Waals surface area contributed by atoms with Gasteiger partial charge in [-0.15, -0.1) is 22.7 Å². The average Bonchev–Trinajstić information content (AvgIpc) is 3.66. The quantitative estimate of drug-likeness (QED) is 0.143. The van der Waals surface area contributed by atoms with Crippen molar-refractivity contribution in [1.82, 2.24) is 4.98 Å². The smallest absolute Gasteiger partial charge is 0.0708 e. The molecule has 0 amide bonds. The Hall–Kier alpha value is -5.09. The molecule has 44 heavy (non-hydrogen) atoms. The lowest BCUT2D eigenvalue weighted by Gasteiger charge is -2.19. The van der Waals surface area contributed by atoms with Crippen molar-refractivity contribution in [3.8, 4) is 22.3 Å². The average molecular weight is 594 g/mol. The second-order valence-corrected chi connectivity index (χ2v) is 13.5. The zero-order chi connectivity index (χ0) is 28.8. The van der Waals surface area contributed by atoms with E-state index < -0.39 is 0 Å². The first-order valence-corrected chi connectivity index (χ1v) is 16.5. The van der Waals surface area contributed by atoms with Crippen LogP contribution in [-0.2, 0) is 0 Å². The van der Waals surface area contributed by atoms with Crippen LogP contribution in [0.1, 0.15) is 0 Å². The molecule has 0 atom stereocenters. The first-order valence-electron chi connectivity index (χ1n) is 14.9. The van der Waals surface area contributed by atoms with Gasteiger partial charge in [0.05, 0.1) is 5.52 Å². The Kier molecular flexibility index (Phi) is 5.10. The van der Waals surface area contributed by atoms with E-state index in [0.717, 1.165) is 5.52 Å². The molecule has 0 aliphatic rings. The van der Waals surface area contributed by atoms with Crippen LogP contribution in [0.4, 0.5) is 0 Å². The number of hydrogen-bond acceptors (Lipinski definition) is 3. The van der Waals surface area contributed by atoms with Crippen LogP contribution in [0, 0.1) is 0 Å². The molecule has 3 aromatic heterocycles. The summed E-state index contributed by atoms with van der Waals surface area (Å²) in [6.07, 6.45) is 2.13. The van der Waals surface area contributed by atoms with Crippen LogP contribution in [0.5, 0.6) is 0 Å². The van der Waals surface area contributed by atoms with Crippen LogP contribution in [0.2, 0.25) is 0 Å². The molecule has 3 heterocycles. The number of aromatic nitrogens is 1. The zero-order valence-corrected chi connectivity index (χ0v) is 25.2. The van der Waals surface area contributed by atoms with Gasteiger partial charge in [0.25, 0.3) is 0 Å². The number of benzene rings is 7. The van der Waals surface area contributed by atoms with Crippen LogP contribution < -0.4 is 0 Å². The second kappa shape index (κ2) is 9.20. The Morgan fingerprint density at radius 2 is 0.841 bits per heavy atom. The fraction of sp³-hybridized carbons (Fsp3) is 0. The third kappa shape index (κ3) is 3.31. The summed E-state index contributed by atoms with van der Waals surface area (Å²) in [6.45, 7) is 0. The van der Waals surface area contributed by atoms with Gasteiger partial charge in [0.1, 0.15) is 0 Å². The van der Waals surface area contributed by atoms with Gasteiger partial charge >= 0.3 is 0 Å². The number of hydrogen-bond donors (Lipinski definition) is 0. The van der Waals surface area contributed by atoms with E-state index >= 15 is 0 Å². The predicted octanol–water partition coefficient (Wildman–Crippen LogP) is 12.6. The Morgan fingerprint density at radius 1 is 0.364 bits per heavy atom. The maximum atomic E-state index is 5.06. The highest BCUT2D eigenvalue weighted by molar-refractivity contribution is 7.26. The molecule has 0 unspecified atom stereocenters. The van der Waals surface area contributed by atoms with E-state index in [1.807, 2.05) is 22.7 Å². The zero-order valence-electron chi connectivity index (χ0n) is 23.5. The molecule has 204 valence electrons. The molecule has 0 saturated heterocycles. The molecule has 10 rings (SSSR count). The van der Waals surface area contributed by atoms with E-state index in [1.165, 1.54) is 89.5 Å². The van der Waals surface area contributed by atoms with Crippen molar-refractivity contribution in [3.63, 3.8) is 0 Å². The lowest BCUT2D eigenvalue weighted by Crippen LogP contribution is -1.93. The molecule has 0 radical (unpaired) electrons. The maximum absolute atomic E-state index is 5.06. The van der Waals surface area contributed by atoms with Crippen molar-refractivity contribution in [1.29, 1.82) is 0 Å². The van der Waals surface area contributed by atoms with Gasteiger partial charge in [-0.1, -0.05) is 115 Å². The van der Waals surface area contributed by atoms with Crippen molar-refractivity contribution in [2.75, 3.05) is 0 Å². The lowest BCUT2D eigenvalue weighted by atomic mass is 9.84. The summed E-state index contributed by atoms with van der Waals surface area (Å²) < 4.78 is 5.30. The highest BCUT2D eigenvalue weighted by atomic mass is 32.1. The van der Waals surface area contributed by atoms with Gasteiger partial charge in [-0.05, 0) is 34.5 Å². The summed E-state index contributed by atoms with van der Waals surface area (Å²) in [4.78, 5) is 5.06. The highest BCUT2D eigenvalue weighted by Gasteiger charge is 2.22. The third-order valence-corrected chi connectivity index (χ3v) is 11.5. The first kappa shape index (κ1) is 24.4. The van der Waals surface area contributed by atoms with Gasteiger partial charge in [-0.25, -0.2) is 0 Å². The molecule has 0 N–H and O–H groups in total. The van der Waals surface area contributed by atoms with E-state index in [-0.39, 0.29) is 0 Å². The largest absolute Gasteiger partial charge is 0.256 e. The number of fused-ring (bicyclic) bond motifs is 10. The van der Waals surface area contributed by atoms with Gasteiger partial charge in [0, 0.05) is 79.4 Å². The monoisotopic (exact) mass is 593 g/mol. The van der Waals surface area contributed by atoms with Gasteiger partial charge in [0.2, 0.25) is 0 Å². The molecule has 7 aromatic carbocycles. The van der Waals surface area contributed by atoms with Crippen LogP contribution >= 0.6 is 22.7 Å². The van der Waals surface area contributed by atoms with E-state index in [9.17, 15) is 0 Å². The molecule has 0 bridgehead atoms. The Balaban J connectivity index is 1.44. The maximum Gasteiger partial charge on any atom is 0.0708 e. The number of para-hydroxylation sites is 1. The Bertz CT molecular complexity index is 2780. The van der Waals surface area contributed by atoms with Crippen LogP contribution in [0.15, 0.2) is 140 Å². The minimum atomic E-state index is 1.02. The van der Waals surface area contributed by atoms with Crippen LogP contribution in [0.3, 0.4) is 0 Å². The van der Waals surface area contributed by atoms with Gasteiger partial charge < -0.3 is 0 Å². The number of nitrogens with zero attached hydrogens (tertiary/aromatic N) is 1. The summed E-state index contributed by atoms with van der Waals surface area (Å²) in [5.74, 6) is 0. The lowest BCUT2D eigenvalue weighted by molar-refractivity contribution is 1.45. The predicted molar refractivity (Wildman–Crippen MR) is 193 cm³/mol. The van der Waals surface area contributed by atoms with Crippen molar-refractivity contribution in [3.05, 3.63) is 140 Å².